The lowest BCUT2D eigenvalue weighted by Crippen LogP contribution is -2.18. The third-order valence-electron chi connectivity index (χ3n) is 3.89. The summed E-state index contributed by atoms with van der Waals surface area (Å²) in [4.78, 5) is 12.2. The van der Waals surface area contributed by atoms with Gasteiger partial charge < -0.3 is 10.1 Å². The summed E-state index contributed by atoms with van der Waals surface area (Å²) in [6.45, 7) is 5.45. The van der Waals surface area contributed by atoms with Crippen LogP contribution in [0.2, 0.25) is 0 Å². The number of anilines is 1. The summed E-state index contributed by atoms with van der Waals surface area (Å²) >= 11 is 1.33. The molecule has 1 amide bonds. The topological polar surface area (TPSA) is 81.9 Å². The van der Waals surface area contributed by atoms with Gasteiger partial charge in [-0.05, 0) is 48.7 Å². The van der Waals surface area contributed by atoms with Crippen molar-refractivity contribution in [3.63, 3.8) is 0 Å². The second kappa shape index (κ2) is 7.76. The Bertz CT molecular complexity index is 712. The zero-order chi connectivity index (χ0) is 16.9. The predicted molar refractivity (Wildman–Crippen MR) is 92.1 cm³/mol. The van der Waals surface area contributed by atoms with Gasteiger partial charge in [-0.2, -0.15) is 0 Å². The highest BCUT2D eigenvalue weighted by Crippen LogP contribution is 2.20. The van der Waals surface area contributed by atoms with E-state index < -0.39 is 0 Å². The Labute approximate surface area is 145 Å². The first kappa shape index (κ1) is 16.9. The number of carbonyl (C=O) groups excluding carboxylic acids is 1. The molecule has 1 atom stereocenters. The number of rotatable bonds is 6. The molecule has 7 nitrogen and oxygen atoms in total. The van der Waals surface area contributed by atoms with Crippen molar-refractivity contribution in [1.29, 1.82) is 0 Å². The molecule has 0 unspecified atom stereocenters. The van der Waals surface area contributed by atoms with Gasteiger partial charge in [-0.1, -0.05) is 29.5 Å². The minimum atomic E-state index is -0.0707. The van der Waals surface area contributed by atoms with Gasteiger partial charge in [-0.15, -0.1) is 5.10 Å². The minimum Gasteiger partial charge on any atom is -0.376 e. The number of carbonyl (C=O) groups is 1. The molecule has 1 saturated heterocycles. The zero-order valence-corrected chi connectivity index (χ0v) is 14.7. The second-order valence-corrected chi connectivity index (χ2v) is 6.88. The Kier molecular flexibility index (Phi) is 5.47. The summed E-state index contributed by atoms with van der Waals surface area (Å²) in [5.74, 6) is 0.192. The number of nitrogens with one attached hydrogen (secondary N) is 1. The summed E-state index contributed by atoms with van der Waals surface area (Å²) in [6.07, 6.45) is 2.27. The van der Waals surface area contributed by atoms with Crippen molar-refractivity contribution in [2.24, 2.45) is 0 Å². The van der Waals surface area contributed by atoms with Crippen molar-refractivity contribution >= 4 is 23.4 Å². The number of amides is 1. The molecule has 3 rings (SSSR count). The molecule has 1 fully saturated rings. The van der Waals surface area contributed by atoms with E-state index in [-0.39, 0.29) is 17.8 Å². The Morgan fingerprint density at radius 3 is 3.08 bits per heavy atom. The van der Waals surface area contributed by atoms with Gasteiger partial charge in [0.15, 0.2) is 0 Å². The van der Waals surface area contributed by atoms with Crippen molar-refractivity contribution in [2.45, 2.75) is 44.5 Å². The maximum atomic E-state index is 12.2. The number of benzene rings is 1. The first-order valence-electron chi connectivity index (χ1n) is 7.99. The van der Waals surface area contributed by atoms with Crippen LogP contribution in [0.25, 0.3) is 0 Å². The first-order valence-corrected chi connectivity index (χ1v) is 8.98. The molecule has 1 aliphatic rings. The van der Waals surface area contributed by atoms with E-state index in [1.807, 2.05) is 32.0 Å². The summed E-state index contributed by atoms with van der Waals surface area (Å²) in [6, 6.07) is 5.96. The average Bonchev–Trinajstić information content (AvgIpc) is 3.20. The minimum absolute atomic E-state index is 0.0707. The van der Waals surface area contributed by atoms with Gasteiger partial charge in [-0.25, -0.2) is 4.68 Å². The van der Waals surface area contributed by atoms with Crippen LogP contribution in [0.1, 0.15) is 24.0 Å². The molecule has 128 valence electrons. The quantitative estimate of drug-likeness (QED) is 0.807. The lowest BCUT2D eigenvalue weighted by molar-refractivity contribution is -0.113. The van der Waals surface area contributed by atoms with E-state index in [2.05, 4.69) is 20.8 Å². The zero-order valence-electron chi connectivity index (χ0n) is 13.9. The van der Waals surface area contributed by atoms with Gasteiger partial charge >= 0.3 is 0 Å². The number of nitrogens with zero attached hydrogens (tertiary/aromatic N) is 4. The van der Waals surface area contributed by atoms with Crippen molar-refractivity contribution < 1.29 is 9.53 Å². The second-order valence-electron chi connectivity index (χ2n) is 5.93. The number of tetrazole rings is 1. The maximum Gasteiger partial charge on any atom is 0.234 e. The van der Waals surface area contributed by atoms with Crippen molar-refractivity contribution in [3.05, 3.63) is 29.3 Å². The van der Waals surface area contributed by atoms with E-state index >= 15 is 0 Å². The van der Waals surface area contributed by atoms with Gasteiger partial charge in [0.1, 0.15) is 0 Å². The van der Waals surface area contributed by atoms with Crippen molar-refractivity contribution in [2.75, 3.05) is 17.7 Å². The molecule has 0 aliphatic carbocycles. The van der Waals surface area contributed by atoms with Gasteiger partial charge in [0.25, 0.3) is 0 Å². The molecule has 1 aliphatic heterocycles. The highest BCUT2D eigenvalue weighted by atomic mass is 32.2. The smallest absolute Gasteiger partial charge is 0.234 e. The van der Waals surface area contributed by atoms with Gasteiger partial charge in [0.2, 0.25) is 11.1 Å². The monoisotopic (exact) mass is 347 g/mol. The Morgan fingerprint density at radius 2 is 2.33 bits per heavy atom. The van der Waals surface area contributed by atoms with E-state index in [0.29, 0.717) is 11.7 Å². The lowest BCUT2D eigenvalue weighted by atomic mass is 10.1. The van der Waals surface area contributed by atoms with Crippen LogP contribution in [-0.2, 0) is 16.1 Å². The van der Waals surface area contributed by atoms with Crippen LogP contribution in [0.15, 0.2) is 23.4 Å². The molecular weight excluding hydrogens is 326 g/mol. The van der Waals surface area contributed by atoms with Crippen LogP contribution in [-0.4, -0.2) is 44.6 Å². The van der Waals surface area contributed by atoms with E-state index in [1.54, 1.807) is 4.68 Å². The number of aromatic nitrogens is 4. The molecule has 0 radical (unpaired) electrons. The van der Waals surface area contributed by atoms with Gasteiger partial charge in [0, 0.05) is 12.3 Å². The SMILES string of the molecule is Cc1ccc(NC(=O)CSc2nnnn2C[C@H]2CCCO2)c(C)c1. The molecule has 1 N–H and O–H groups in total. The largest absolute Gasteiger partial charge is 0.376 e. The number of aryl methyl sites for hydroxylation is 2. The fraction of sp³-hybridized carbons (Fsp3) is 0.500. The van der Waals surface area contributed by atoms with Crippen LogP contribution < -0.4 is 5.32 Å². The fourth-order valence-electron chi connectivity index (χ4n) is 2.67. The molecule has 0 saturated carbocycles. The normalized spacial score (nSPS) is 17.2. The van der Waals surface area contributed by atoms with Crippen molar-refractivity contribution in [1.82, 2.24) is 20.2 Å². The lowest BCUT2D eigenvalue weighted by Gasteiger charge is -2.10. The maximum absolute atomic E-state index is 12.2. The van der Waals surface area contributed by atoms with Crippen LogP contribution >= 0.6 is 11.8 Å². The van der Waals surface area contributed by atoms with Gasteiger partial charge in [0.05, 0.1) is 18.4 Å². The van der Waals surface area contributed by atoms with Crippen LogP contribution in [0.4, 0.5) is 5.69 Å². The number of ether oxygens (including phenoxy) is 1. The number of thioether (sulfide) groups is 1. The van der Waals surface area contributed by atoms with E-state index in [1.165, 1.54) is 17.3 Å². The molecule has 0 bridgehead atoms. The molecule has 0 spiro atoms. The summed E-state index contributed by atoms with van der Waals surface area (Å²) < 4.78 is 7.32. The highest BCUT2D eigenvalue weighted by Gasteiger charge is 2.19. The van der Waals surface area contributed by atoms with Crippen molar-refractivity contribution in [3.8, 4) is 0 Å². The Balaban J connectivity index is 1.53. The summed E-state index contributed by atoms with van der Waals surface area (Å²) in [5, 5.41) is 15.3. The Morgan fingerprint density at radius 1 is 1.46 bits per heavy atom. The molecule has 1 aromatic carbocycles. The van der Waals surface area contributed by atoms with E-state index in [4.69, 9.17) is 4.74 Å². The van der Waals surface area contributed by atoms with E-state index in [9.17, 15) is 4.79 Å². The van der Waals surface area contributed by atoms with Crippen LogP contribution in [0.3, 0.4) is 0 Å². The molecular formula is C16H21N5O2S. The third kappa shape index (κ3) is 4.33. The molecule has 2 aromatic rings. The first-order chi connectivity index (χ1) is 11.6. The molecule has 8 heteroatoms. The molecule has 24 heavy (non-hydrogen) atoms. The van der Waals surface area contributed by atoms with E-state index in [0.717, 1.165) is 30.7 Å². The van der Waals surface area contributed by atoms with Crippen LogP contribution in [0.5, 0.6) is 0 Å². The predicted octanol–water partition coefficient (Wildman–Crippen LogP) is 2.20. The molecule has 2 heterocycles. The highest BCUT2D eigenvalue weighted by molar-refractivity contribution is 7.99. The fourth-order valence-corrected chi connectivity index (χ4v) is 3.35. The average molecular weight is 347 g/mol. The van der Waals surface area contributed by atoms with Crippen LogP contribution in [0, 0.1) is 13.8 Å². The molecule has 1 aromatic heterocycles. The summed E-state index contributed by atoms with van der Waals surface area (Å²) in [7, 11) is 0. The Hall–Kier alpha value is -1.93. The summed E-state index contributed by atoms with van der Waals surface area (Å²) in [5.41, 5.74) is 3.06. The standard InChI is InChI=1S/C16H21N5O2S/c1-11-5-6-14(12(2)8-11)17-15(22)10-24-16-18-19-20-21(16)9-13-4-3-7-23-13/h5-6,8,13H,3-4,7,9-10H2,1-2H3,(H,17,22)/t13-/m1/s1. The number of hydrogen-bond acceptors (Lipinski definition) is 6. The number of hydrogen-bond donors (Lipinski definition) is 1. The van der Waals surface area contributed by atoms with Gasteiger partial charge in [-0.3, -0.25) is 4.79 Å². The third-order valence-corrected chi connectivity index (χ3v) is 4.85.